The second-order valence-electron chi connectivity index (χ2n) is 23.7. The number of esters is 2. The number of aliphatic carboxylic acids is 1. The number of nitrogens with zero attached hydrogens (tertiary/aromatic N) is 1. The molecular weight excluding hydrogens is 971 g/mol. The molecule has 0 heterocycles. The zero-order chi connectivity index (χ0) is 56.9. The van der Waals surface area contributed by atoms with Crippen LogP contribution in [0.15, 0.2) is 48.6 Å². The first-order valence-corrected chi connectivity index (χ1v) is 33.3. The van der Waals surface area contributed by atoms with E-state index < -0.39 is 24.3 Å². The zero-order valence-corrected chi connectivity index (χ0v) is 52.0. The molecule has 0 bridgehead atoms. The van der Waals surface area contributed by atoms with Gasteiger partial charge in [-0.2, -0.15) is 0 Å². The standard InChI is InChI=1S/C69H127NO8/c1-6-8-10-12-14-16-18-20-22-24-26-28-30-31-32-33-34-35-36-37-38-40-42-44-46-48-50-52-54-56-58-60-67(72)78-65(64-77-69(68(73)74)75-62-61-70(3,4)5)63-76-66(71)59-57-55-53-51-49-47-45-43-41-39-29-27-25-23-21-19-17-15-13-11-9-7-2/h8,10,14,16,20,22,26,28,65,69H,6-7,9,11-13,15,17-19,21,23-25,27,29-64H2,1-5H3/b10-8-,16-14-,22-20-,28-26-. The Labute approximate surface area is 482 Å². The highest BCUT2D eigenvalue weighted by molar-refractivity contribution is 5.70. The number of ether oxygens (including phenoxy) is 4. The molecule has 0 aliphatic heterocycles. The summed E-state index contributed by atoms with van der Waals surface area (Å²) in [6.45, 7) is 4.70. The summed E-state index contributed by atoms with van der Waals surface area (Å²) in [5, 5.41) is 11.8. The molecule has 0 amide bonds. The maximum absolute atomic E-state index is 12.9. The van der Waals surface area contributed by atoms with Crippen molar-refractivity contribution in [1.29, 1.82) is 0 Å². The number of carboxylic acid groups (broad SMARTS) is 1. The smallest absolute Gasteiger partial charge is 0.306 e. The summed E-state index contributed by atoms with van der Waals surface area (Å²) in [5.41, 5.74) is 0. The summed E-state index contributed by atoms with van der Waals surface area (Å²) in [6, 6.07) is 0. The molecule has 0 aliphatic rings. The molecule has 0 spiro atoms. The van der Waals surface area contributed by atoms with E-state index in [0.717, 1.165) is 57.8 Å². The Kier molecular flexibility index (Phi) is 58.2. The van der Waals surface area contributed by atoms with E-state index in [0.29, 0.717) is 23.9 Å². The molecule has 0 fully saturated rings. The van der Waals surface area contributed by atoms with Crippen molar-refractivity contribution in [2.24, 2.45) is 0 Å². The monoisotopic (exact) mass is 1100 g/mol. The SMILES string of the molecule is CC/C=C\C/C=C\C/C=C\C/C=C\CCCCCCCCCCCCCCCCCCCCC(=O)OC(COC(=O)CCCCCCCCCCCCCCCCCCCCCCCC)COC(OCC[N+](C)(C)C)C(=O)[O-]. The fraction of sp³-hybridized carbons (Fsp3) is 0.841. The summed E-state index contributed by atoms with van der Waals surface area (Å²) in [7, 11) is 5.94. The molecule has 0 N–H and O–H groups in total. The van der Waals surface area contributed by atoms with Gasteiger partial charge in [0.2, 0.25) is 0 Å². The van der Waals surface area contributed by atoms with Gasteiger partial charge in [-0.15, -0.1) is 0 Å². The number of unbranched alkanes of at least 4 members (excludes halogenated alkanes) is 39. The summed E-state index contributed by atoms with van der Waals surface area (Å²) < 4.78 is 22.8. The fourth-order valence-corrected chi connectivity index (χ4v) is 9.77. The van der Waals surface area contributed by atoms with Crippen molar-refractivity contribution in [1.82, 2.24) is 0 Å². The number of quaternary nitrogens is 1. The minimum absolute atomic E-state index is 0.150. The number of allylic oxidation sites excluding steroid dienone is 8. The van der Waals surface area contributed by atoms with Gasteiger partial charge in [-0.3, -0.25) is 9.59 Å². The van der Waals surface area contributed by atoms with Crippen molar-refractivity contribution >= 4 is 17.9 Å². The molecule has 0 aromatic rings. The van der Waals surface area contributed by atoms with Gasteiger partial charge < -0.3 is 33.3 Å². The van der Waals surface area contributed by atoms with E-state index in [1.165, 1.54) is 225 Å². The summed E-state index contributed by atoms with van der Waals surface area (Å²) in [4.78, 5) is 37.4. The van der Waals surface area contributed by atoms with Crippen molar-refractivity contribution in [3.05, 3.63) is 48.6 Å². The molecule has 0 aromatic heterocycles. The molecule has 0 saturated heterocycles. The Balaban J connectivity index is 4.09. The van der Waals surface area contributed by atoms with E-state index in [1.54, 1.807) is 0 Å². The van der Waals surface area contributed by atoms with E-state index in [4.69, 9.17) is 18.9 Å². The van der Waals surface area contributed by atoms with Crippen LogP contribution >= 0.6 is 0 Å². The first kappa shape index (κ1) is 75.2. The molecule has 9 heteroatoms. The fourth-order valence-electron chi connectivity index (χ4n) is 9.77. The molecule has 9 nitrogen and oxygen atoms in total. The van der Waals surface area contributed by atoms with Crippen molar-refractivity contribution in [2.45, 2.75) is 328 Å². The summed E-state index contributed by atoms with van der Waals surface area (Å²) >= 11 is 0. The highest BCUT2D eigenvalue weighted by atomic mass is 16.7. The third-order valence-electron chi connectivity index (χ3n) is 14.8. The lowest BCUT2D eigenvalue weighted by Crippen LogP contribution is -2.44. The normalized spacial score (nSPS) is 13.0. The van der Waals surface area contributed by atoms with Gasteiger partial charge in [-0.1, -0.05) is 300 Å². The lowest BCUT2D eigenvalue weighted by atomic mass is 10.0. The average Bonchev–Trinajstić information content (AvgIpc) is 3.41. The zero-order valence-electron chi connectivity index (χ0n) is 52.0. The van der Waals surface area contributed by atoms with Crippen LogP contribution in [0.5, 0.6) is 0 Å². The van der Waals surface area contributed by atoms with Gasteiger partial charge in [-0.25, -0.2) is 0 Å². The van der Waals surface area contributed by atoms with Gasteiger partial charge in [0.15, 0.2) is 12.4 Å². The van der Waals surface area contributed by atoms with E-state index in [-0.39, 0.29) is 32.2 Å². The van der Waals surface area contributed by atoms with E-state index >= 15 is 0 Å². The van der Waals surface area contributed by atoms with Crippen molar-refractivity contribution < 1.29 is 42.9 Å². The van der Waals surface area contributed by atoms with Gasteiger partial charge in [-0.05, 0) is 51.4 Å². The molecule has 2 atom stereocenters. The van der Waals surface area contributed by atoms with Crippen LogP contribution in [0.3, 0.4) is 0 Å². The Hall–Kier alpha value is -2.75. The molecule has 0 aromatic carbocycles. The second kappa shape index (κ2) is 60.3. The highest BCUT2D eigenvalue weighted by Gasteiger charge is 2.22. The third kappa shape index (κ3) is 60.9. The topological polar surface area (TPSA) is 111 Å². The van der Waals surface area contributed by atoms with Crippen LogP contribution in [0.1, 0.15) is 316 Å². The van der Waals surface area contributed by atoms with E-state index in [2.05, 4.69) is 62.5 Å². The Bertz CT molecular complexity index is 1420. The van der Waals surface area contributed by atoms with Crippen LogP contribution in [0, 0.1) is 0 Å². The maximum Gasteiger partial charge on any atom is 0.306 e. The quantitative estimate of drug-likeness (QED) is 0.0195. The molecule has 0 rings (SSSR count). The van der Waals surface area contributed by atoms with Crippen LogP contribution in [0.25, 0.3) is 0 Å². The first-order chi connectivity index (χ1) is 38.1. The minimum Gasteiger partial charge on any atom is -0.545 e. The van der Waals surface area contributed by atoms with Crippen LogP contribution < -0.4 is 5.11 Å². The lowest BCUT2D eigenvalue weighted by molar-refractivity contribution is -0.870. The van der Waals surface area contributed by atoms with Crippen LogP contribution in [-0.2, 0) is 33.3 Å². The van der Waals surface area contributed by atoms with Gasteiger partial charge >= 0.3 is 11.9 Å². The number of carbonyl (C=O) groups is 3. The summed E-state index contributed by atoms with van der Waals surface area (Å²) in [5.74, 6) is -2.26. The molecule has 456 valence electrons. The number of hydrogen-bond donors (Lipinski definition) is 0. The predicted octanol–water partition coefficient (Wildman–Crippen LogP) is 18.9. The maximum atomic E-state index is 12.9. The van der Waals surface area contributed by atoms with Crippen molar-refractivity contribution in [3.63, 3.8) is 0 Å². The van der Waals surface area contributed by atoms with Crippen molar-refractivity contribution in [2.75, 3.05) is 47.5 Å². The molecular formula is C69H127NO8. The molecule has 0 aliphatic carbocycles. The Morgan fingerprint density at radius 2 is 0.731 bits per heavy atom. The van der Waals surface area contributed by atoms with Gasteiger partial charge in [0.05, 0.1) is 40.3 Å². The van der Waals surface area contributed by atoms with Crippen LogP contribution in [0.2, 0.25) is 0 Å². The van der Waals surface area contributed by atoms with Gasteiger partial charge in [0.25, 0.3) is 0 Å². The Morgan fingerprint density at radius 1 is 0.397 bits per heavy atom. The van der Waals surface area contributed by atoms with Gasteiger partial charge in [0, 0.05) is 12.8 Å². The lowest BCUT2D eigenvalue weighted by Gasteiger charge is -2.26. The highest BCUT2D eigenvalue weighted by Crippen LogP contribution is 2.18. The minimum atomic E-state index is -1.62. The second-order valence-corrected chi connectivity index (χ2v) is 23.7. The molecule has 0 saturated carbocycles. The summed E-state index contributed by atoms with van der Waals surface area (Å²) in [6.07, 6.45) is 73.3. The number of likely N-dealkylation sites (N-methyl/N-ethyl adjacent to an activating group) is 1. The number of carbonyl (C=O) groups excluding carboxylic acids is 3. The Morgan fingerprint density at radius 3 is 1.09 bits per heavy atom. The number of hydrogen-bond acceptors (Lipinski definition) is 8. The van der Waals surface area contributed by atoms with E-state index in [1.807, 2.05) is 21.1 Å². The van der Waals surface area contributed by atoms with Gasteiger partial charge in [0.1, 0.15) is 13.2 Å². The molecule has 78 heavy (non-hydrogen) atoms. The first-order valence-electron chi connectivity index (χ1n) is 33.3. The van der Waals surface area contributed by atoms with E-state index in [9.17, 15) is 19.5 Å². The predicted molar refractivity (Wildman–Crippen MR) is 329 cm³/mol. The third-order valence-corrected chi connectivity index (χ3v) is 14.8. The molecule has 2 unspecified atom stereocenters. The van der Waals surface area contributed by atoms with Crippen LogP contribution in [-0.4, -0.2) is 82.3 Å². The average molecular weight is 1100 g/mol. The van der Waals surface area contributed by atoms with Crippen LogP contribution in [0.4, 0.5) is 0 Å². The number of carboxylic acids is 1. The van der Waals surface area contributed by atoms with Crippen molar-refractivity contribution in [3.8, 4) is 0 Å². The number of rotatable bonds is 62. The largest absolute Gasteiger partial charge is 0.545 e. The molecule has 0 radical (unpaired) electrons.